The van der Waals surface area contributed by atoms with Crippen LogP contribution in [0.15, 0.2) is 12.1 Å². The molecule has 2 N–H and O–H groups in total. The van der Waals surface area contributed by atoms with E-state index in [0.29, 0.717) is 6.42 Å². The van der Waals surface area contributed by atoms with E-state index in [2.05, 4.69) is 0 Å². The number of methoxy groups -OCH3 is 1. The van der Waals surface area contributed by atoms with E-state index in [1.54, 1.807) is 23.5 Å². The van der Waals surface area contributed by atoms with Crippen molar-refractivity contribution in [2.45, 2.75) is 37.0 Å². The van der Waals surface area contributed by atoms with E-state index in [1.807, 2.05) is 13.8 Å². The van der Waals surface area contributed by atoms with Crippen molar-refractivity contribution in [3.8, 4) is 11.5 Å². The normalized spacial score (nSPS) is 19.5. The average Bonchev–Trinajstić information content (AvgIpc) is 3.02. The van der Waals surface area contributed by atoms with E-state index in [9.17, 15) is 25.1 Å². The van der Waals surface area contributed by atoms with Gasteiger partial charge in [-0.15, -0.1) is 23.5 Å². The highest BCUT2D eigenvalue weighted by Gasteiger charge is 2.41. The minimum Gasteiger partial charge on any atom is -0.504 e. The number of phenols is 1. The van der Waals surface area contributed by atoms with Crippen molar-refractivity contribution >= 4 is 35.1 Å². The van der Waals surface area contributed by atoms with E-state index < -0.39 is 28.4 Å². The number of nitrogens with zero attached hydrogens (tertiary/aromatic N) is 2. The topological polar surface area (TPSA) is 113 Å². The smallest absolute Gasteiger partial charge is 0.286 e. The molecular weight excluding hydrogens is 392 g/mol. The zero-order chi connectivity index (χ0) is 20.1. The number of hydrogen-bond acceptors (Lipinski definition) is 8. The number of aliphatic hydroxyl groups is 1. The van der Waals surface area contributed by atoms with E-state index >= 15 is 0 Å². The molecule has 1 unspecified atom stereocenters. The van der Waals surface area contributed by atoms with Gasteiger partial charge in [0.2, 0.25) is 0 Å². The van der Waals surface area contributed by atoms with Crippen LogP contribution < -0.4 is 4.74 Å². The highest BCUT2D eigenvalue weighted by molar-refractivity contribution is 8.17. The number of ether oxygens (including phenoxy) is 1. The standard InChI is InChI=1S/C17H24N2O6S2/c1-4-26-17(27-5-2)13-6-10(20)9-18(13)16(22)11-7-15(25-3)14(21)8-12(11)19(23)24/h7-8,10,13,17,20-21H,4-6,9H2,1-3H3/t10?,13-/m0/s1. The lowest BCUT2D eigenvalue weighted by Crippen LogP contribution is -2.41. The molecule has 0 radical (unpaired) electrons. The quantitative estimate of drug-likeness (QED) is 0.378. The second-order valence-corrected chi connectivity index (χ2v) is 9.13. The molecule has 8 nitrogen and oxygen atoms in total. The van der Waals surface area contributed by atoms with Gasteiger partial charge in [0.05, 0.1) is 34.8 Å². The molecule has 2 atom stereocenters. The number of likely N-dealkylation sites (tertiary alicyclic amines) is 1. The molecule has 1 aromatic carbocycles. The minimum absolute atomic E-state index is 0.0114. The largest absolute Gasteiger partial charge is 0.504 e. The lowest BCUT2D eigenvalue weighted by molar-refractivity contribution is -0.385. The Morgan fingerprint density at radius 1 is 1.41 bits per heavy atom. The van der Waals surface area contributed by atoms with Gasteiger partial charge in [0.25, 0.3) is 11.6 Å². The monoisotopic (exact) mass is 416 g/mol. The van der Waals surface area contributed by atoms with Gasteiger partial charge in [0.15, 0.2) is 11.5 Å². The average molecular weight is 417 g/mol. The number of nitro groups is 1. The Labute approximate surface area is 166 Å². The maximum absolute atomic E-state index is 13.2. The Kier molecular flexibility index (Phi) is 7.63. The summed E-state index contributed by atoms with van der Waals surface area (Å²) in [6.45, 7) is 4.18. The first-order valence-electron chi connectivity index (χ1n) is 8.61. The molecule has 0 saturated carbocycles. The van der Waals surface area contributed by atoms with E-state index in [1.165, 1.54) is 18.1 Å². The zero-order valence-corrected chi connectivity index (χ0v) is 17.1. The van der Waals surface area contributed by atoms with Crippen molar-refractivity contribution in [1.29, 1.82) is 0 Å². The fourth-order valence-electron chi connectivity index (χ4n) is 3.13. The second-order valence-electron chi connectivity index (χ2n) is 5.99. The van der Waals surface area contributed by atoms with Crippen LogP contribution in [0.5, 0.6) is 11.5 Å². The predicted octanol–water partition coefficient (Wildman–Crippen LogP) is 2.72. The molecule has 2 rings (SSSR count). The molecular formula is C17H24N2O6S2. The van der Waals surface area contributed by atoms with Gasteiger partial charge < -0.3 is 19.8 Å². The summed E-state index contributed by atoms with van der Waals surface area (Å²) in [5.74, 6) is 0.765. The molecule has 27 heavy (non-hydrogen) atoms. The molecule has 1 heterocycles. The summed E-state index contributed by atoms with van der Waals surface area (Å²) >= 11 is 3.39. The molecule has 1 aliphatic heterocycles. The van der Waals surface area contributed by atoms with Crippen LogP contribution in [0.2, 0.25) is 0 Å². The lowest BCUT2D eigenvalue weighted by atomic mass is 10.1. The van der Waals surface area contributed by atoms with Crippen LogP contribution in [0.4, 0.5) is 5.69 Å². The fourth-order valence-corrected chi connectivity index (χ4v) is 5.95. The van der Waals surface area contributed by atoms with Crippen molar-refractivity contribution in [2.75, 3.05) is 25.2 Å². The predicted molar refractivity (Wildman–Crippen MR) is 107 cm³/mol. The van der Waals surface area contributed by atoms with Gasteiger partial charge in [-0.25, -0.2) is 0 Å². The number of thioether (sulfide) groups is 2. The van der Waals surface area contributed by atoms with Crippen LogP contribution >= 0.6 is 23.5 Å². The highest BCUT2D eigenvalue weighted by atomic mass is 32.2. The first-order chi connectivity index (χ1) is 12.8. The number of benzene rings is 1. The number of aromatic hydroxyl groups is 1. The van der Waals surface area contributed by atoms with E-state index in [0.717, 1.165) is 17.6 Å². The van der Waals surface area contributed by atoms with Crippen molar-refractivity contribution in [2.24, 2.45) is 0 Å². The van der Waals surface area contributed by atoms with Crippen LogP contribution in [-0.4, -0.2) is 67.8 Å². The van der Waals surface area contributed by atoms with Crippen molar-refractivity contribution < 1.29 is 24.7 Å². The molecule has 0 bridgehead atoms. The lowest BCUT2D eigenvalue weighted by Gasteiger charge is -2.30. The second kappa shape index (κ2) is 9.52. The Hall–Kier alpha value is -1.65. The summed E-state index contributed by atoms with van der Waals surface area (Å²) in [6, 6.07) is 1.88. The maximum Gasteiger partial charge on any atom is 0.286 e. The summed E-state index contributed by atoms with van der Waals surface area (Å²) in [4.78, 5) is 25.4. The summed E-state index contributed by atoms with van der Waals surface area (Å²) in [5.41, 5.74) is -0.642. The number of nitro benzene ring substituents is 1. The number of carbonyl (C=O) groups is 1. The minimum atomic E-state index is -0.701. The van der Waals surface area contributed by atoms with Crippen LogP contribution in [0.1, 0.15) is 30.6 Å². The SMILES string of the molecule is CCSC(SCC)[C@@H]1CC(O)CN1C(=O)c1cc(OC)c(O)cc1[N+](=O)[O-]. The number of amides is 1. The number of carbonyl (C=O) groups excluding carboxylic acids is 1. The number of rotatable bonds is 8. The number of β-amino-alcohol motifs (C(OH)–C–C–N with tert-alkyl or cyclic N) is 1. The van der Waals surface area contributed by atoms with Gasteiger partial charge in [0.1, 0.15) is 5.56 Å². The molecule has 150 valence electrons. The van der Waals surface area contributed by atoms with Gasteiger partial charge in [-0.3, -0.25) is 14.9 Å². The van der Waals surface area contributed by atoms with Gasteiger partial charge in [-0.1, -0.05) is 13.8 Å². The first-order valence-corrected chi connectivity index (χ1v) is 10.7. The summed E-state index contributed by atoms with van der Waals surface area (Å²) in [5, 5.41) is 31.4. The number of aliphatic hydroxyl groups excluding tert-OH is 1. The van der Waals surface area contributed by atoms with Crippen LogP contribution in [0, 0.1) is 10.1 Å². The molecule has 1 aromatic rings. The van der Waals surface area contributed by atoms with Gasteiger partial charge >= 0.3 is 0 Å². The molecule has 0 aliphatic carbocycles. The first kappa shape index (κ1) is 21.6. The van der Waals surface area contributed by atoms with Crippen LogP contribution in [0.25, 0.3) is 0 Å². The third-order valence-electron chi connectivity index (χ3n) is 4.28. The van der Waals surface area contributed by atoms with Gasteiger partial charge in [-0.05, 0) is 17.9 Å². The summed E-state index contributed by atoms with van der Waals surface area (Å²) in [7, 11) is 1.31. The third-order valence-corrected chi connectivity index (χ3v) is 7.05. The molecule has 1 aliphatic rings. The number of hydrogen-bond donors (Lipinski definition) is 2. The number of phenolic OH excluding ortho intramolecular Hbond substituents is 1. The van der Waals surface area contributed by atoms with Crippen LogP contribution in [-0.2, 0) is 0 Å². The van der Waals surface area contributed by atoms with Crippen molar-refractivity contribution in [3.05, 3.63) is 27.8 Å². The Morgan fingerprint density at radius 3 is 2.56 bits per heavy atom. The molecule has 1 amide bonds. The molecule has 0 aromatic heterocycles. The molecule has 1 saturated heterocycles. The fraction of sp³-hybridized carbons (Fsp3) is 0.588. The van der Waals surface area contributed by atoms with Crippen LogP contribution in [0.3, 0.4) is 0 Å². The molecule has 0 spiro atoms. The summed E-state index contributed by atoms with van der Waals surface area (Å²) < 4.78 is 5.07. The van der Waals surface area contributed by atoms with E-state index in [4.69, 9.17) is 4.74 Å². The molecule has 1 fully saturated rings. The Balaban J connectivity index is 2.43. The summed E-state index contributed by atoms with van der Waals surface area (Å²) in [6.07, 6.45) is -0.242. The van der Waals surface area contributed by atoms with Gasteiger partial charge in [0, 0.05) is 12.6 Å². The van der Waals surface area contributed by atoms with E-state index in [-0.39, 0.29) is 28.5 Å². The zero-order valence-electron chi connectivity index (χ0n) is 15.5. The van der Waals surface area contributed by atoms with Gasteiger partial charge in [-0.2, -0.15) is 0 Å². The maximum atomic E-state index is 13.2. The van der Waals surface area contributed by atoms with Crippen molar-refractivity contribution in [3.63, 3.8) is 0 Å². The third kappa shape index (κ3) is 4.80. The Morgan fingerprint density at radius 2 is 2.04 bits per heavy atom. The molecule has 10 heteroatoms. The Bertz CT molecular complexity index is 696. The highest BCUT2D eigenvalue weighted by Crippen LogP contribution is 2.38. The van der Waals surface area contributed by atoms with Crippen molar-refractivity contribution in [1.82, 2.24) is 4.90 Å².